The molecule has 0 saturated heterocycles. The first-order valence-corrected chi connectivity index (χ1v) is 6.78. The summed E-state index contributed by atoms with van der Waals surface area (Å²) in [5, 5.41) is 9.65. The van der Waals surface area contributed by atoms with E-state index in [4.69, 9.17) is 0 Å². The van der Waals surface area contributed by atoms with Crippen molar-refractivity contribution in [2.75, 3.05) is 0 Å². The number of aliphatic carboxylic acids is 1. The maximum absolute atomic E-state index is 11.7. The molecule has 1 saturated carbocycles. The molecule has 1 aromatic rings. The highest BCUT2D eigenvalue weighted by Gasteiger charge is 2.42. The predicted octanol–water partition coefficient (Wildman–Crippen LogP) is 3.30. The Morgan fingerprint density at radius 3 is 2.83 bits per heavy atom. The lowest BCUT2D eigenvalue weighted by Crippen LogP contribution is -2.38. The number of rotatable bonds is 4. The molecule has 1 fully saturated rings. The van der Waals surface area contributed by atoms with Crippen LogP contribution in [0.25, 0.3) is 0 Å². The summed E-state index contributed by atoms with van der Waals surface area (Å²) in [6, 6.07) is 3.86. The summed E-state index contributed by atoms with van der Waals surface area (Å²) in [6.07, 6.45) is 9.06. The molecule has 2 unspecified atom stereocenters. The summed E-state index contributed by atoms with van der Waals surface area (Å²) < 4.78 is 0. The van der Waals surface area contributed by atoms with Crippen molar-refractivity contribution in [2.45, 2.75) is 45.4 Å². The number of aromatic nitrogens is 1. The zero-order valence-corrected chi connectivity index (χ0v) is 10.9. The highest BCUT2D eigenvalue weighted by molar-refractivity contribution is 5.75. The molecule has 18 heavy (non-hydrogen) atoms. The zero-order valence-electron chi connectivity index (χ0n) is 10.9. The van der Waals surface area contributed by atoms with Gasteiger partial charge in [0.05, 0.1) is 5.41 Å². The van der Waals surface area contributed by atoms with Crippen LogP contribution in [0.15, 0.2) is 24.5 Å². The largest absolute Gasteiger partial charge is 0.481 e. The molecule has 0 aliphatic heterocycles. The molecule has 98 valence electrons. The molecule has 1 aliphatic carbocycles. The number of hydrogen-bond donors (Lipinski definition) is 1. The SMILES string of the molecule is CCC1CCCC(Cc2ccncc2)(C(=O)O)C1. The zero-order chi connectivity index (χ0) is 13.0. The molecule has 0 aromatic carbocycles. The van der Waals surface area contributed by atoms with Crippen LogP contribution in [-0.2, 0) is 11.2 Å². The maximum Gasteiger partial charge on any atom is 0.309 e. The van der Waals surface area contributed by atoms with E-state index in [1.807, 2.05) is 12.1 Å². The Labute approximate surface area is 108 Å². The van der Waals surface area contributed by atoms with E-state index >= 15 is 0 Å². The molecule has 1 aliphatic rings. The second-order valence-corrected chi connectivity index (χ2v) is 5.49. The van der Waals surface area contributed by atoms with Gasteiger partial charge in [-0.3, -0.25) is 9.78 Å². The fourth-order valence-corrected chi connectivity index (χ4v) is 3.16. The third-order valence-electron chi connectivity index (χ3n) is 4.27. The monoisotopic (exact) mass is 247 g/mol. The average Bonchev–Trinajstić information content (AvgIpc) is 2.40. The van der Waals surface area contributed by atoms with Crippen molar-refractivity contribution in [3.05, 3.63) is 30.1 Å². The van der Waals surface area contributed by atoms with Crippen molar-refractivity contribution >= 4 is 5.97 Å². The molecule has 1 N–H and O–H groups in total. The number of nitrogens with zero attached hydrogens (tertiary/aromatic N) is 1. The van der Waals surface area contributed by atoms with Crippen molar-refractivity contribution in [2.24, 2.45) is 11.3 Å². The van der Waals surface area contributed by atoms with Gasteiger partial charge in [-0.25, -0.2) is 0 Å². The first kappa shape index (κ1) is 13.1. The van der Waals surface area contributed by atoms with Crippen LogP contribution in [0.4, 0.5) is 0 Å². The van der Waals surface area contributed by atoms with Gasteiger partial charge in [-0.15, -0.1) is 0 Å². The predicted molar refractivity (Wildman–Crippen MR) is 70.3 cm³/mol. The lowest BCUT2D eigenvalue weighted by Gasteiger charge is -2.37. The van der Waals surface area contributed by atoms with E-state index in [-0.39, 0.29) is 0 Å². The summed E-state index contributed by atoms with van der Waals surface area (Å²) in [7, 11) is 0. The summed E-state index contributed by atoms with van der Waals surface area (Å²) in [5.41, 5.74) is 0.532. The molecule has 1 aromatic heterocycles. The molecule has 3 heteroatoms. The van der Waals surface area contributed by atoms with E-state index in [0.29, 0.717) is 12.3 Å². The summed E-state index contributed by atoms with van der Waals surface area (Å²) in [4.78, 5) is 15.7. The van der Waals surface area contributed by atoms with Gasteiger partial charge in [-0.1, -0.05) is 26.2 Å². The van der Waals surface area contributed by atoms with Gasteiger partial charge >= 0.3 is 5.97 Å². The second kappa shape index (κ2) is 5.51. The van der Waals surface area contributed by atoms with Crippen molar-refractivity contribution in [3.63, 3.8) is 0 Å². The smallest absolute Gasteiger partial charge is 0.309 e. The highest BCUT2D eigenvalue weighted by atomic mass is 16.4. The minimum atomic E-state index is -0.627. The molecule has 1 heterocycles. The Morgan fingerprint density at radius 2 is 2.22 bits per heavy atom. The van der Waals surface area contributed by atoms with Crippen LogP contribution in [0.2, 0.25) is 0 Å². The van der Waals surface area contributed by atoms with E-state index in [1.165, 1.54) is 6.42 Å². The Hall–Kier alpha value is -1.38. The van der Waals surface area contributed by atoms with E-state index in [0.717, 1.165) is 31.2 Å². The van der Waals surface area contributed by atoms with Crippen LogP contribution in [0, 0.1) is 11.3 Å². The Balaban J connectivity index is 2.19. The molecular weight excluding hydrogens is 226 g/mol. The maximum atomic E-state index is 11.7. The van der Waals surface area contributed by atoms with E-state index in [9.17, 15) is 9.90 Å². The van der Waals surface area contributed by atoms with Gasteiger partial charge in [0.2, 0.25) is 0 Å². The van der Waals surface area contributed by atoms with Gasteiger partial charge in [0.15, 0.2) is 0 Å². The second-order valence-electron chi connectivity index (χ2n) is 5.49. The Morgan fingerprint density at radius 1 is 1.50 bits per heavy atom. The quantitative estimate of drug-likeness (QED) is 0.888. The lowest BCUT2D eigenvalue weighted by atomic mass is 9.66. The molecule has 0 radical (unpaired) electrons. The topological polar surface area (TPSA) is 50.2 Å². The van der Waals surface area contributed by atoms with E-state index in [2.05, 4.69) is 11.9 Å². The average molecular weight is 247 g/mol. The number of pyridine rings is 1. The van der Waals surface area contributed by atoms with Gasteiger partial charge in [-0.05, 0) is 42.9 Å². The Kier molecular flexibility index (Phi) is 4.00. The molecular formula is C15H21NO2. The van der Waals surface area contributed by atoms with Crippen molar-refractivity contribution in [1.29, 1.82) is 0 Å². The first-order chi connectivity index (χ1) is 8.66. The molecule has 2 rings (SSSR count). The van der Waals surface area contributed by atoms with E-state index in [1.54, 1.807) is 12.4 Å². The molecule has 2 atom stereocenters. The van der Waals surface area contributed by atoms with Crippen LogP contribution in [0.3, 0.4) is 0 Å². The highest BCUT2D eigenvalue weighted by Crippen LogP contribution is 2.43. The van der Waals surface area contributed by atoms with Crippen molar-refractivity contribution in [3.8, 4) is 0 Å². The van der Waals surface area contributed by atoms with Crippen LogP contribution >= 0.6 is 0 Å². The standard InChI is InChI=1S/C15H21NO2/c1-2-12-4-3-7-15(10-12,14(17)18)11-13-5-8-16-9-6-13/h5-6,8-9,12H,2-4,7,10-11H2,1H3,(H,17,18). The first-order valence-electron chi connectivity index (χ1n) is 6.78. The van der Waals surface area contributed by atoms with Crippen LogP contribution in [0.5, 0.6) is 0 Å². The van der Waals surface area contributed by atoms with Crippen LogP contribution in [-0.4, -0.2) is 16.1 Å². The summed E-state index contributed by atoms with van der Waals surface area (Å²) >= 11 is 0. The van der Waals surface area contributed by atoms with Gasteiger partial charge < -0.3 is 5.11 Å². The van der Waals surface area contributed by atoms with E-state index < -0.39 is 11.4 Å². The van der Waals surface area contributed by atoms with Gasteiger partial charge in [0.25, 0.3) is 0 Å². The van der Waals surface area contributed by atoms with Gasteiger partial charge in [0, 0.05) is 12.4 Å². The fraction of sp³-hybridized carbons (Fsp3) is 0.600. The molecule has 0 bridgehead atoms. The molecule has 0 amide bonds. The van der Waals surface area contributed by atoms with Crippen LogP contribution < -0.4 is 0 Å². The van der Waals surface area contributed by atoms with Gasteiger partial charge in [0.1, 0.15) is 0 Å². The van der Waals surface area contributed by atoms with Crippen molar-refractivity contribution in [1.82, 2.24) is 4.98 Å². The van der Waals surface area contributed by atoms with Gasteiger partial charge in [-0.2, -0.15) is 0 Å². The summed E-state index contributed by atoms with van der Waals surface area (Å²) in [6.45, 7) is 2.16. The van der Waals surface area contributed by atoms with Crippen molar-refractivity contribution < 1.29 is 9.90 Å². The third-order valence-corrected chi connectivity index (χ3v) is 4.27. The normalized spacial score (nSPS) is 27.9. The number of carbonyl (C=O) groups is 1. The number of hydrogen-bond acceptors (Lipinski definition) is 2. The fourth-order valence-electron chi connectivity index (χ4n) is 3.16. The lowest BCUT2D eigenvalue weighted by molar-refractivity contribution is -0.152. The minimum Gasteiger partial charge on any atom is -0.481 e. The van der Waals surface area contributed by atoms with Crippen LogP contribution in [0.1, 0.15) is 44.6 Å². The number of carboxylic acid groups (broad SMARTS) is 1. The third kappa shape index (κ3) is 2.71. The molecule has 0 spiro atoms. The number of carboxylic acids is 1. The Bertz CT molecular complexity index is 404. The summed E-state index contributed by atoms with van der Waals surface area (Å²) in [5.74, 6) is -0.0610. The minimum absolute atomic E-state index is 0.555. The molecule has 3 nitrogen and oxygen atoms in total.